The van der Waals surface area contributed by atoms with Gasteiger partial charge in [0.05, 0.1) is 12.6 Å². The second-order valence-electron chi connectivity index (χ2n) is 8.25. The highest BCUT2D eigenvalue weighted by Crippen LogP contribution is 2.28. The van der Waals surface area contributed by atoms with Gasteiger partial charge in [-0.1, -0.05) is 0 Å². The summed E-state index contributed by atoms with van der Waals surface area (Å²) in [6.07, 6.45) is 3.19. The highest BCUT2D eigenvalue weighted by Gasteiger charge is 2.26. The predicted octanol–water partition coefficient (Wildman–Crippen LogP) is 2.58. The van der Waals surface area contributed by atoms with E-state index in [0.717, 1.165) is 56.6 Å². The number of rotatable bonds is 4. The van der Waals surface area contributed by atoms with Gasteiger partial charge in [0.25, 0.3) is 5.91 Å². The summed E-state index contributed by atoms with van der Waals surface area (Å²) in [5, 5.41) is 10.0. The van der Waals surface area contributed by atoms with Crippen molar-refractivity contribution in [1.29, 1.82) is 5.26 Å². The van der Waals surface area contributed by atoms with Crippen molar-refractivity contribution < 1.29 is 4.79 Å². The third-order valence-corrected chi connectivity index (χ3v) is 6.23. The molecule has 0 radical (unpaired) electrons. The molecular formula is C22H29N5O. The first kappa shape index (κ1) is 19.0. The number of fused-ring (bicyclic) bond motifs is 1. The summed E-state index contributed by atoms with van der Waals surface area (Å²) in [5.41, 5.74) is 1.95. The van der Waals surface area contributed by atoms with Crippen LogP contribution >= 0.6 is 0 Å². The van der Waals surface area contributed by atoms with E-state index in [4.69, 9.17) is 5.26 Å². The van der Waals surface area contributed by atoms with Crippen LogP contribution < -0.4 is 0 Å². The van der Waals surface area contributed by atoms with Crippen LogP contribution in [0.4, 0.5) is 0 Å². The van der Waals surface area contributed by atoms with Crippen molar-refractivity contribution in [3.63, 3.8) is 0 Å². The fraction of sp³-hybridized carbons (Fsp3) is 0.545. The largest absolute Gasteiger partial charge is 0.343 e. The average molecular weight is 380 g/mol. The molecule has 1 aromatic heterocycles. The smallest absolute Gasteiger partial charge is 0.253 e. The first-order valence-corrected chi connectivity index (χ1v) is 10.3. The summed E-state index contributed by atoms with van der Waals surface area (Å²) >= 11 is 0. The summed E-state index contributed by atoms with van der Waals surface area (Å²) in [4.78, 5) is 19.6. The number of hydrogen-bond donors (Lipinski definition) is 0. The lowest BCUT2D eigenvalue weighted by Crippen LogP contribution is -2.50. The topological polar surface area (TPSA) is 55.5 Å². The Balaban J connectivity index is 1.47. The van der Waals surface area contributed by atoms with E-state index in [-0.39, 0.29) is 5.91 Å². The summed E-state index contributed by atoms with van der Waals surface area (Å²) in [5.74, 6) is 0.138. The van der Waals surface area contributed by atoms with Crippen LogP contribution in [-0.4, -0.2) is 77.0 Å². The number of piperazine rings is 1. The van der Waals surface area contributed by atoms with Crippen LogP contribution in [0.3, 0.4) is 0 Å². The number of carbonyl (C=O) groups excluding carboxylic acids is 1. The summed E-state index contributed by atoms with van der Waals surface area (Å²) in [6.45, 7) is 10.3. The third kappa shape index (κ3) is 3.65. The van der Waals surface area contributed by atoms with E-state index in [0.29, 0.717) is 18.6 Å². The molecule has 1 amide bonds. The number of nitriles is 1. The lowest BCUT2D eigenvalue weighted by Gasteiger charge is -2.37. The minimum atomic E-state index is 0.138. The number of benzene rings is 1. The zero-order valence-electron chi connectivity index (χ0n) is 16.8. The molecule has 148 valence electrons. The molecule has 2 fully saturated rings. The van der Waals surface area contributed by atoms with Crippen LogP contribution in [-0.2, 0) is 0 Å². The number of likely N-dealkylation sites (tertiary alicyclic amines) is 1. The maximum atomic E-state index is 13.0. The number of carbonyl (C=O) groups is 1. The zero-order valence-corrected chi connectivity index (χ0v) is 16.8. The molecule has 28 heavy (non-hydrogen) atoms. The van der Waals surface area contributed by atoms with Gasteiger partial charge in [0, 0.05) is 74.0 Å². The molecule has 0 spiro atoms. The lowest BCUT2D eigenvalue weighted by atomic mass is 10.1. The van der Waals surface area contributed by atoms with Crippen molar-refractivity contribution in [2.75, 3.05) is 45.8 Å². The molecular weight excluding hydrogens is 350 g/mol. The lowest BCUT2D eigenvalue weighted by molar-refractivity contribution is 0.0595. The molecule has 0 saturated carbocycles. The molecule has 2 aliphatic heterocycles. The highest BCUT2D eigenvalue weighted by molar-refractivity contribution is 5.98. The van der Waals surface area contributed by atoms with Crippen molar-refractivity contribution in [1.82, 2.24) is 19.3 Å². The fourth-order valence-corrected chi connectivity index (χ4v) is 4.52. The molecule has 6 nitrogen and oxygen atoms in total. The minimum Gasteiger partial charge on any atom is -0.343 e. The van der Waals surface area contributed by atoms with Gasteiger partial charge in [-0.3, -0.25) is 14.6 Å². The van der Waals surface area contributed by atoms with Crippen LogP contribution in [0.15, 0.2) is 30.5 Å². The van der Waals surface area contributed by atoms with Gasteiger partial charge in [0.15, 0.2) is 0 Å². The molecule has 2 aliphatic rings. The molecule has 2 saturated heterocycles. The van der Waals surface area contributed by atoms with Crippen LogP contribution in [0, 0.1) is 11.3 Å². The van der Waals surface area contributed by atoms with Crippen molar-refractivity contribution in [2.45, 2.75) is 32.4 Å². The van der Waals surface area contributed by atoms with E-state index < -0.39 is 0 Å². The highest BCUT2D eigenvalue weighted by atomic mass is 16.2. The van der Waals surface area contributed by atoms with Crippen LogP contribution in [0.1, 0.15) is 36.7 Å². The van der Waals surface area contributed by atoms with Crippen molar-refractivity contribution in [3.05, 3.63) is 36.0 Å². The maximum Gasteiger partial charge on any atom is 0.253 e. The molecule has 3 heterocycles. The van der Waals surface area contributed by atoms with Crippen LogP contribution in [0.2, 0.25) is 0 Å². The molecule has 1 aromatic carbocycles. The zero-order chi connectivity index (χ0) is 19.7. The van der Waals surface area contributed by atoms with Crippen LogP contribution in [0.25, 0.3) is 10.9 Å². The molecule has 1 atom stereocenters. The molecule has 0 N–H and O–H groups in total. The number of nitrogens with zero attached hydrogens (tertiary/aromatic N) is 5. The van der Waals surface area contributed by atoms with Gasteiger partial charge >= 0.3 is 0 Å². The van der Waals surface area contributed by atoms with E-state index >= 15 is 0 Å². The van der Waals surface area contributed by atoms with Gasteiger partial charge in [0.1, 0.15) is 0 Å². The van der Waals surface area contributed by atoms with Crippen LogP contribution in [0.5, 0.6) is 0 Å². The van der Waals surface area contributed by atoms with E-state index in [1.54, 1.807) is 0 Å². The first-order valence-electron chi connectivity index (χ1n) is 10.3. The first-order chi connectivity index (χ1) is 13.6. The van der Waals surface area contributed by atoms with E-state index in [1.807, 2.05) is 17.0 Å². The van der Waals surface area contributed by atoms with E-state index in [1.165, 1.54) is 5.52 Å². The van der Waals surface area contributed by atoms with Gasteiger partial charge in [-0.25, -0.2) is 0 Å². The van der Waals surface area contributed by atoms with E-state index in [9.17, 15) is 4.79 Å². The van der Waals surface area contributed by atoms with Gasteiger partial charge in [-0.15, -0.1) is 0 Å². The van der Waals surface area contributed by atoms with Gasteiger partial charge in [-0.05, 0) is 44.5 Å². The Morgan fingerprint density at radius 3 is 2.68 bits per heavy atom. The maximum absolute atomic E-state index is 13.0. The SMILES string of the molecule is CC(C)N1CCN(C(=O)c2ccc3c(ccn3[C@@H]3CCN(CC#N)C3)c2)CC1. The Labute approximate surface area is 166 Å². The molecule has 2 aromatic rings. The monoisotopic (exact) mass is 379 g/mol. The van der Waals surface area contributed by atoms with Gasteiger partial charge in [0.2, 0.25) is 0 Å². The second kappa shape index (κ2) is 7.94. The third-order valence-electron chi connectivity index (χ3n) is 6.23. The van der Waals surface area contributed by atoms with Gasteiger partial charge < -0.3 is 9.47 Å². The van der Waals surface area contributed by atoms with Crippen molar-refractivity contribution in [3.8, 4) is 6.07 Å². The minimum absolute atomic E-state index is 0.138. The Bertz CT molecular complexity index is 888. The standard InChI is InChI=1S/C22H29N5O/c1-17(2)25-11-13-26(14-12-25)22(28)19-3-4-21-18(15-19)5-9-27(21)20-6-8-24(16-20)10-7-23/h3-5,9,15,17,20H,6,8,10-14,16H2,1-2H3/t20-/m1/s1. The van der Waals surface area contributed by atoms with E-state index in [2.05, 4.69) is 52.6 Å². The number of amides is 1. The predicted molar refractivity (Wildman–Crippen MR) is 110 cm³/mol. The molecule has 0 unspecified atom stereocenters. The molecule has 0 bridgehead atoms. The van der Waals surface area contributed by atoms with Crippen molar-refractivity contribution >= 4 is 16.8 Å². The summed E-state index contributed by atoms with van der Waals surface area (Å²) in [7, 11) is 0. The normalized spacial score (nSPS) is 21.5. The Hall–Kier alpha value is -2.36. The average Bonchev–Trinajstić information content (AvgIpc) is 3.34. The van der Waals surface area contributed by atoms with Crippen molar-refractivity contribution in [2.24, 2.45) is 0 Å². The Morgan fingerprint density at radius 2 is 1.96 bits per heavy atom. The number of hydrogen-bond acceptors (Lipinski definition) is 4. The quantitative estimate of drug-likeness (QED) is 0.766. The molecule has 4 rings (SSSR count). The Kier molecular flexibility index (Phi) is 5.38. The van der Waals surface area contributed by atoms with Gasteiger partial charge in [-0.2, -0.15) is 5.26 Å². The molecule has 0 aliphatic carbocycles. The fourth-order valence-electron chi connectivity index (χ4n) is 4.52. The Morgan fingerprint density at radius 1 is 1.18 bits per heavy atom. The summed E-state index contributed by atoms with van der Waals surface area (Å²) < 4.78 is 2.31. The molecule has 6 heteroatoms. The summed E-state index contributed by atoms with van der Waals surface area (Å²) in [6, 6.07) is 11.4. The second-order valence-corrected chi connectivity index (χ2v) is 8.25. The number of aromatic nitrogens is 1.